The van der Waals surface area contributed by atoms with Crippen LogP contribution in [0, 0.1) is 0 Å². The summed E-state index contributed by atoms with van der Waals surface area (Å²) in [5, 5.41) is 18.9. The van der Waals surface area contributed by atoms with Gasteiger partial charge in [0.1, 0.15) is 16.5 Å². The Hall–Kier alpha value is -1.46. The highest BCUT2D eigenvalue weighted by molar-refractivity contribution is 6.33. The number of hydrogen-bond acceptors (Lipinski definition) is 4. The molecule has 0 bridgehead atoms. The highest BCUT2D eigenvalue weighted by Crippen LogP contribution is 2.40. The third-order valence-corrected chi connectivity index (χ3v) is 3.10. The van der Waals surface area contributed by atoms with E-state index in [2.05, 4.69) is 0 Å². The van der Waals surface area contributed by atoms with Crippen molar-refractivity contribution < 1.29 is 24.5 Å². The van der Waals surface area contributed by atoms with Crippen LogP contribution in [-0.2, 0) is 4.79 Å². The molecule has 0 amide bonds. The van der Waals surface area contributed by atoms with Crippen LogP contribution in [0.25, 0.3) is 0 Å². The molecule has 0 saturated heterocycles. The smallest absolute Gasteiger partial charge is 0.303 e. The molecule has 1 rings (SSSR count). The van der Waals surface area contributed by atoms with Gasteiger partial charge in [0.05, 0.1) is 20.3 Å². The number of methoxy groups -OCH3 is 2. The molecule has 0 aliphatic heterocycles. The van der Waals surface area contributed by atoms with E-state index in [4.69, 9.17) is 26.2 Å². The molecule has 5 nitrogen and oxygen atoms in total. The van der Waals surface area contributed by atoms with E-state index in [0.717, 1.165) is 0 Å². The van der Waals surface area contributed by atoms with Gasteiger partial charge in [-0.2, -0.15) is 0 Å². The molecule has 0 fully saturated rings. The quantitative estimate of drug-likeness (QED) is 0.806. The van der Waals surface area contributed by atoms with Gasteiger partial charge in [-0.3, -0.25) is 4.79 Å². The number of carbonyl (C=O) groups is 1. The van der Waals surface area contributed by atoms with E-state index in [-0.39, 0.29) is 6.42 Å². The maximum atomic E-state index is 10.4. The molecule has 19 heavy (non-hydrogen) atoms. The maximum absolute atomic E-state index is 10.4. The maximum Gasteiger partial charge on any atom is 0.303 e. The Morgan fingerprint density at radius 3 is 2.58 bits per heavy atom. The summed E-state index contributed by atoms with van der Waals surface area (Å²) in [7, 11) is 2.94. The number of hydrogen-bond donors (Lipinski definition) is 2. The number of rotatable bonds is 7. The number of ether oxygens (including phenoxy) is 2. The molecular formula is C13H17ClO5. The van der Waals surface area contributed by atoms with Gasteiger partial charge in [0, 0.05) is 12.0 Å². The van der Waals surface area contributed by atoms with E-state index in [1.165, 1.54) is 14.2 Å². The van der Waals surface area contributed by atoms with E-state index in [0.29, 0.717) is 34.9 Å². The molecule has 2 N–H and O–H groups in total. The Kier molecular flexibility index (Phi) is 5.92. The van der Waals surface area contributed by atoms with E-state index in [1.54, 1.807) is 12.1 Å². The van der Waals surface area contributed by atoms with Crippen molar-refractivity contribution in [2.45, 2.75) is 25.4 Å². The van der Waals surface area contributed by atoms with Crippen LogP contribution in [0.5, 0.6) is 11.5 Å². The first-order chi connectivity index (χ1) is 9.01. The van der Waals surface area contributed by atoms with Gasteiger partial charge in [-0.25, -0.2) is 0 Å². The third-order valence-electron chi connectivity index (χ3n) is 2.74. The predicted octanol–water partition coefficient (Wildman–Crippen LogP) is 2.65. The highest BCUT2D eigenvalue weighted by Gasteiger charge is 2.19. The first kappa shape index (κ1) is 15.6. The number of carboxylic acids is 1. The molecule has 1 unspecified atom stereocenters. The molecule has 0 radical (unpaired) electrons. The summed E-state index contributed by atoms with van der Waals surface area (Å²) in [6.45, 7) is 0. The van der Waals surface area contributed by atoms with Crippen molar-refractivity contribution in [2.24, 2.45) is 0 Å². The minimum atomic E-state index is -0.882. The lowest BCUT2D eigenvalue weighted by molar-refractivity contribution is -0.137. The minimum absolute atomic E-state index is 0.0171. The second-order valence-electron chi connectivity index (χ2n) is 4.01. The average Bonchev–Trinajstić information content (AvgIpc) is 2.37. The van der Waals surface area contributed by atoms with Gasteiger partial charge in [0.15, 0.2) is 0 Å². The first-order valence-corrected chi connectivity index (χ1v) is 6.19. The van der Waals surface area contributed by atoms with Crippen molar-refractivity contribution in [2.75, 3.05) is 14.2 Å². The van der Waals surface area contributed by atoms with Crippen LogP contribution in [0.1, 0.15) is 30.9 Å². The molecule has 1 atom stereocenters. The Bertz CT molecular complexity index is 447. The summed E-state index contributed by atoms with van der Waals surface area (Å²) in [6, 6.07) is 3.30. The van der Waals surface area contributed by atoms with E-state index >= 15 is 0 Å². The Morgan fingerprint density at radius 1 is 1.37 bits per heavy atom. The fourth-order valence-electron chi connectivity index (χ4n) is 1.78. The zero-order chi connectivity index (χ0) is 14.4. The van der Waals surface area contributed by atoms with Gasteiger partial charge in [0.25, 0.3) is 0 Å². The van der Waals surface area contributed by atoms with E-state index in [1.807, 2.05) is 0 Å². The standard InChI is InChI=1S/C13H17ClO5/c1-18-10-7-6-8(13(19-2)12(10)14)9(15)4-3-5-11(16)17/h6-7,9,15H,3-5H2,1-2H3,(H,16,17). The molecule has 0 heterocycles. The van der Waals surface area contributed by atoms with Gasteiger partial charge in [-0.1, -0.05) is 11.6 Å². The van der Waals surface area contributed by atoms with Crippen LogP contribution in [0.2, 0.25) is 5.02 Å². The van der Waals surface area contributed by atoms with Gasteiger partial charge < -0.3 is 19.7 Å². The molecule has 1 aromatic carbocycles. The number of benzene rings is 1. The molecular weight excluding hydrogens is 272 g/mol. The van der Waals surface area contributed by atoms with Gasteiger partial charge >= 0.3 is 5.97 Å². The predicted molar refractivity (Wildman–Crippen MR) is 71.0 cm³/mol. The van der Waals surface area contributed by atoms with Crippen LogP contribution in [-0.4, -0.2) is 30.4 Å². The minimum Gasteiger partial charge on any atom is -0.495 e. The SMILES string of the molecule is COc1ccc(C(O)CCCC(=O)O)c(OC)c1Cl. The monoisotopic (exact) mass is 288 g/mol. The second kappa shape index (κ2) is 7.21. The van der Waals surface area contributed by atoms with Crippen LogP contribution in [0.15, 0.2) is 12.1 Å². The average molecular weight is 289 g/mol. The zero-order valence-electron chi connectivity index (χ0n) is 10.9. The number of aliphatic hydroxyl groups is 1. The fraction of sp³-hybridized carbons (Fsp3) is 0.462. The van der Waals surface area contributed by atoms with E-state index in [9.17, 15) is 9.90 Å². The van der Waals surface area contributed by atoms with Gasteiger partial charge in [-0.15, -0.1) is 0 Å². The lowest BCUT2D eigenvalue weighted by Crippen LogP contribution is -2.03. The van der Waals surface area contributed by atoms with Crippen LogP contribution >= 0.6 is 11.6 Å². The Labute approximate surface area is 116 Å². The molecule has 6 heteroatoms. The van der Waals surface area contributed by atoms with E-state index < -0.39 is 12.1 Å². The molecule has 1 aromatic rings. The molecule has 106 valence electrons. The Balaban J connectivity index is 2.87. The van der Waals surface area contributed by atoms with Gasteiger partial charge in [0.2, 0.25) is 0 Å². The zero-order valence-corrected chi connectivity index (χ0v) is 11.6. The lowest BCUT2D eigenvalue weighted by Gasteiger charge is -2.17. The van der Waals surface area contributed by atoms with Crippen LogP contribution in [0.4, 0.5) is 0 Å². The molecule has 0 spiro atoms. The van der Waals surface area contributed by atoms with Crippen molar-refractivity contribution in [1.82, 2.24) is 0 Å². The summed E-state index contributed by atoms with van der Waals surface area (Å²) in [6.07, 6.45) is -0.101. The van der Waals surface area contributed by atoms with Crippen LogP contribution in [0.3, 0.4) is 0 Å². The normalized spacial score (nSPS) is 12.0. The van der Waals surface area contributed by atoms with Crippen molar-refractivity contribution in [3.05, 3.63) is 22.7 Å². The number of aliphatic carboxylic acids is 1. The van der Waals surface area contributed by atoms with Crippen LogP contribution < -0.4 is 9.47 Å². The number of halogens is 1. The van der Waals surface area contributed by atoms with Crippen molar-refractivity contribution in [3.8, 4) is 11.5 Å². The largest absolute Gasteiger partial charge is 0.495 e. The van der Waals surface area contributed by atoms with Gasteiger partial charge in [-0.05, 0) is 25.0 Å². The molecule has 0 aliphatic carbocycles. The lowest BCUT2D eigenvalue weighted by atomic mass is 10.0. The highest BCUT2D eigenvalue weighted by atomic mass is 35.5. The first-order valence-electron chi connectivity index (χ1n) is 5.81. The van der Waals surface area contributed by atoms with Crippen molar-refractivity contribution in [3.63, 3.8) is 0 Å². The third kappa shape index (κ3) is 4.01. The summed E-state index contributed by atoms with van der Waals surface area (Å²) in [5.41, 5.74) is 0.527. The molecule has 0 aromatic heterocycles. The van der Waals surface area contributed by atoms with Crippen molar-refractivity contribution >= 4 is 17.6 Å². The van der Waals surface area contributed by atoms with Crippen molar-refractivity contribution in [1.29, 1.82) is 0 Å². The molecule has 0 aliphatic rings. The molecule has 0 saturated carbocycles. The fourth-order valence-corrected chi connectivity index (χ4v) is 2.11. The summed E-state index contributed by atoms with van der Waals surface area (Å²) < 4.78 is 10.2. The topological polar surface area (TPSA) is 76.0 Å². The summed E-state index contributed by atoms with van der Waals surface area (Å²) in [5.74, 6) is -0.0734. The summed E-state index contributed by atoms with van der Waals surface area (Å²) >= 11 is 6.09. The number of aliphatic hydroxyl groups excluding tert-OH is 1. The number of carboxylic acid groups (broad SMARTS) is 1. The Morgan fingerprint density at radius 2 is 2.05 bits per heavy atom. The summed E-state index contributed by atoms with van der Waals surface area (Å²) in [4.78, 5) is 10.4. The second-order valence-corrected chi connectivity index (χ2v) is 4.38.